The molecule has 0 spiro atoms. The third kappa shape index (κ3) is 3.66. The topological polar surface area (TPSA) is 110 Å². The molecule has 11 heteroatoms. The predicted molar refractivity (Wildman–Crippen MR) is 82.1 cm³/mol. The van der Waals surface area contributed by atoms with Crippen LogP contribution in [0.3, 0.4) is 0 Å². The van der Waals surface area contributed by atoms with Gasteiger partial charge < -0.3 is 0 Å². The van der Waals surface area contributed by atoms with E-state index in [1.54, 1.807) is 0 Å². The van der Waals surface area contributed by atoms with Crippen molar-refractivity contribution in [3.8, 4) is 0 Å². The largest absolute Gasteiger partial charge is 0.292 e. The minimum atomic E-state index is -3.95. The van der Waals surface area contributed by atoms with Crippen molar-refractivity contribution in [2.24, 2.45) is 5.84 Å². The van der Waals surface area contributed by atoms with Crippen molar-refractivity contribution in [2.45, 2.75) is 4.90 Å². The van der Waals surface area contributed by atoms with Gasteiger partial charge in [-0.05, 0) is 12.1 Å². The SMILES string of the molecule is NNc1ncc(S(=O)(=O)Nc2c(Cl)cc(Cl)cc2Cl)cn1. The molecule has 0 radical (unpaired) electrons. The summed E-state index contributed by atoms with van der Waals surface area (Å²) in [5.74, 6) is 5.18. The summed E-state index contributed by atoms with van der Waals surface area (Å²) < 4.78 is 26.6. The Hall–Kier alpha value is -1.32. The monoisotopic (exact) mass is 367 g/mol. The summed E-state index contributed by atoms with van der Waals surface area (Å²) >= 11 is 17.6. The van der Waals surface area contributed by atoms with Crippen molar-refractivity contribution in [3.05, 3.63) is 39.6 Å². The first-order valence-corrected chi connectivity index (χ1v) is 7.91. The molecular formula is C10H8Cl3N5O2S. The number of hydrogen-bond acceptors (Lipinski definition) is 6. The van der Waals surface area contributed by atoms with Gasteiger partial charge in [-0.25, -0.2) is 24.2 Å². The molecule has 1 aromatic carbocycles. The van der Waals surface area contributed by atoms with Crippen LogP contribution in [0.4, 0.5) is 11.6 Å². The number of nitrogens with zero attached hydrogens (tertiary/aromatic N) is 2. The standard InChI is InChI=1S/C10H8Cl3N5O2S/c11-5-1-7(12)9(8(13)2-5)18-21(19,20)6-3-15-10(17-14)16-4-6/h1-4,18H,14H2,(H,15,16,17). The number of sulfonamides is 1. The lowest BCUT2D eigenvalue weighted by Gasteiger charge is -2.11. The van der Waals surface area contributed by atoms with E-state index in [1.165, 1.54) is 12.1 Å². The second kappa shape index (κ2) is 6.20. The van der Waals surface area contributed by atoms with Gasteiger partial charge in [0.25, 0.3) is 10.0 Å². The quantitative estimate of drug-likeness (QED) is 0.565. The van der Waals surface area contributed by atoms with E-state index in [-0.39, 0.29) is 31.6 Å². The maximum Gasteiger partial charge on any atom is 0.265 e. The Kier molecular flexibility index (Phi) is 4.74. The molecule has 0 aliphatic carbocycles. The highest BCUT2D eigenvalue weighted by molar-refractivity contribution is 7.92. The van der Waals surface area contributed by atoms with Crippen molar-refractivity contribution < 1.29 is 8.42 Å². The average molecular weight is 369 g/mol. The fourth-order valence-corrected chi connectivity index (χ4v) is 3.38. The molecule has 0 saturated heterocycles. The summed E-state index contributed by atoms with van der Waals surface area (Å²) in [5, 5.41) is 0.420. The summed E-state index contributed by atoms with van der Waals surface area (Å²) in [4.78, 5) is 7.24. The number of anilines is 2. The van der Waals surface area contributed by atoms with E-state index >= 15 is 0 Å². The summed E-state index contributed by atoms with van der Waals surface area (Å²) in [6.07, 6.45) is 2.17. The maximum atomic E-state index is 12.2. The summed E-state index contributed by atoms with van der Waals surface area (Å²) in [7, 11) is -3.95. The van der Waals surface area contributed by atoms with Gasteiger partial charge in [-0.2, -0.15) is 0 Å². The molecule has 7 nitrogen and oxygen atoms in total. The van der Waals surface area contributed by atoms with Gasteiger partial charge in [0.05, 0.1) is 28.1 Å². The molecule has 112 valence electrons. The van der Waals surface area contributed by atoms with Crippen LogP contribution in [0.15, 0.2) is 29.4 Å². The van der Waals surface area contributed by atoms with E-state index in [4.69, 9.17) is 40.6 Å². The van der Waals surface area contributed by atoms with E-state index in [0.29, 0.717) is 0 Å². The van der Waals surface area contributed by atoms with Gasteiger partial charge in [-0.15, -0.1) is 0 Å². The molecule has 0 saturated carbocycles. The molecule has 0 atom stereocenters. The summed E-state index contributed by atoms with van der Waals surface area (Å²) in [5.41, 5.74) is 2.20. The molecule has 2 rings (SSSR count). The van der Waals surface area contributed by atoms with Gasteiger partial charge in [0, 0.05) is 5.02 Å². The van der Waals surface area contributed by atoms with Gasteiger partial charge in [0.1, 0.15) is 4.90 Å². The summed E-state index contributed by atoms with van der Waals surface area (Å²) in [6, 6.07) is 2.73. The van der Waals surface area contributed by atoms with Crippen LogP contribution in [-0.2, 0) is 10.0 Å². The zero-order valence-corrected chi connectivity index (χ0v) is 13.2. The van der Waals surface area contributed by atoms with Crippen molar-refractivity contribution in [1.82, 2.24) is 9.97 Å². The van der Waals surface area contributed by atoms with Gasteiger partial charge in [-0.1, -0.05) is 34.8 Å². The second-order valence-corrected chi connectivity index (χ2v) is 6.67. The minimum Gasteiger partial charge on any atom is -0.292 e. The molecule has 1 heterocycles. The number of nitrogen functional groups attached to an aromatic ring is 1. The normalized spacial score (nSPS) is 11.2. The second-order valence-electron chi connectivity index (χ2n) is 3.74. The average Bonchev–Trinajstić information content (AvgIpc) is 2.43. The Morgan fingerprint density at radius 2 is 1.57 bits per heavy atom. The number of hydrazine groups is 1. The van der Waals surface area contributed by atoms with E-state index in [9.17, 15) is 8.42 Å². The molecule has 1 aromatic heterocycles. The molecule has 0 aliphatic rings. The minimum absolute atomic E-state index is 0.0174. The maximum absolute atomic E-state index is 12.2. The third-order valence-corrected chi connectivity index (χ3v) is 4.43. The van der Waals surface area contributed by atoms with Crippen molar-refractivity contribution in [1.29, 1.82) is 0 Å². The number of nitrogens with two attached hydrogens (primary N) is 1. The smallest absolute Gasteiger partial charge is 0.265 e. The van der Waals surface area contributed by atoms with Crippen molar-refractivity contribution in [2.75, 3.05) is 10.1 Å². The lowest BCUT2D eigenvalue weighted by molar-refractivity contribution is 0.600. The van der Waals surface area contributed by atoms with Gasteiger partial charge in [0.15, 0.2) is 0 Å². The van der Waals surface area contributed by atoms with E-state index < -0.39 is 10.0 Å². The molecule has 0 fully saturated rings. The molecule has 21 heavy (non-hydrogen) atoms. The first kappa shape index (κ1) is 16.1. The lowest BCUT2D eigenvalue weighted by Crippen LogP contribution is -2.16. The van der Waals surface area contributed by atoms with Crippen LogP contribution in [0.5, 0.6) is 0 Å². The van der Waals surface area contributed by atoms with Crippen LogP contribution in [0.1, 0.15) is 0 Å². The Labute approximate surface area is 135 Å². The zero-order chi connectivity index (χ0) is 15.6. The van der Waals surface area contributed by atoms with E-state index in [0.717, 1.165) is 12.4 Å². The van der Waals surface area contributed by atoms with E-state index in [2.05, 4.69) is 20.1 Å². The molecule has 2 aromatic rings. The molecule has 0 aliphatic heterocycles. The number of halogens is 3. The number of nitrogens with one attached hydrogen (secondary N) is 2. The number of aromatic nitrogens is 2. The fraction of sp³-hybridized carbons (Fsp3) is 0. The van der Waals surface area contributed by atoms with Crippen LogP contribution in [0.2, 0.25) is 15.1 Å². The van der Waals surface area contributed by atoms with Crippen molar-refractivity contribution in [3.63, 3.8) is 0 Å². The molecule has 0 bridgehead atoms. The van der Waals surface area contributed by atoms with Gasteiger partial charge >= 0.3 is 0 Å². The number of hydrogen-bond donors (Lipinski definition) is 3. The highest BCUT2D eigenvalue weighted by Crippen LogP contribution is 2.34. The highest BCUT2D eigenvalue weighted by Gasteiger charge is 2.19. The van der Waals surface area contributed by atoms with Crippen LogP contribution in [0.25, 0.3) is 0 Å². The Morgan fingerprint density at radius 3 is 2.05 bits per heavy atom. The highest BCUT2D eigenvalue weighted by atomic mass is 35.5. The van der Waals surface area contributed by atoms with Crippen LogP contribution in [-0.4, -0.2) is 18.4 Å². The van der Waals surface area contributed by atoms with Crippen LogP contribution < -0.4 is 16.0 Å². The third-order valence-electron chi connectivity index (χ3n) is 2.31. The lowest BCUT2D eigenvalue weighted by atomic mass is 10.3. The Bertz CT molecular complexity index is 744. The van der Waals surface area contributed by atoms with Crippen LogP contribution >= 0.6 is 34.8 Å². The van der Waals surface area contributed by atoms with Gasteiger partial charge in [0.2, 0.25) is 5.95 Å². The first-order chi connectivity index (χ1) is 9.83. The number of benzene rings is 1. The van der Waals surface area contributed by atoms with Crippen LogP contribution in [0, 0.1) is 0 Å². The fourth-order valence-electron chi connectivity index (χ4n) is 1.36. The molecule has 4 N–H and O–H groups in total. The zero-order valence-electron chi connectivity index (χ0n) is 10.1. The molecule has 0 amide bonds. The molecule has 0 unspecified atom stereocenters. The summed E-state index contributed by atoms with van der Waals surface area (Å²) in [6.45, 7) is 0. The van der Waals surface area contributed by atoms with Crippen molar-refractivity contribution >= 4 is 56.5 Å². The number of rotatable bonds is 4. The van der Waals surface area contributed by atoms with E-state index in [1.807, 2.05) is 0 Å². The first-order valence-electron chi connectivity index (χ1n) is 5.29. The Morgan fingerprint density at radius 1 is 1.05 bits per heavy atom. The Balaban J connectivity index is 2.37. The predicted octanol–water partition coefficient (Wildman–Crippen LogP) is 2.52. The molecular weight excluding hydrogens is 361 g/mol. The van der Waals surface area contributed by atoms with Gasteiger partial charge in [-0.3, -0.25) is 10.1 Å².